The first-order chi connectivity index (χ1) is 8.25. The standard InChI is InChI=1S/C12H13N3OS/c1-9-14-15-11(17-9)7-8-13-12(16)10-5-3-2-4-6-10/h2-6H,7-8H2,1H3,(H,13,16). The highest BCUT2D eigenvalue weighted by atomic mass is 32.1. The molecular weight excluding hydrogens is 234 g/mol. The van der Waals surface area contributed by atoms with Crippen LogP contribution in [0.25, 0.3) is 0 Å². The number of rotatable bonds is 4. The number of carbonyl (C=O) groups excluding carboxylic acids is 1. The molecule has 0 aliphatic carbocycles. The molecule has 0 fully saturated rings. The Labute approximate surface area is 104 Å². The summed E-state index contributed by atoms with van der Waals surface area (Å²) >= 11 is 1.56. The van der Waals surface area contributed by atoms with Crippen LogP contribution in [0.3, 0.4) is 0 Å². The van der Waals surface area contributed by atoms with Gasteiger partial charge in [0.1, 0.15) is 10.0 Å². The number of carbonyl (C=O) groups is 1. The molecule has 0 atom stereocenters. The van der Waals surface area contributed by atoms with E-state index in [0.717, 1.165) is 16.4 Å². The molecule has 0 bridgehead atoms. The molecule has 4 nitrogen and oxygen atoms in total. The van der Waals surface area contributed by atoms with Gasteiger partial charge in [-0.2, -0.15) is 0 Å². The van der Waals surface area contributed by atoms with E-state index in [1.165, 1.54) is 0 Å². The Kier molecular flexibility index (Phi) is 3.82. The molecule has 88 valence electrons. The summed E-state index contributed by atoms with van der Waals surface area (Å²) in [5.41, 5.74) is 0.681. The maximum atomic E-state index is 11.7. The van der Waals surface area contributed by atoms with E-state index < -0.39 is 0 Å². The minimum absolute atomic E-state index is 0.0492. The minimum atomic E-state index is -0.0492. The lowest BCUT2D eigenvalue weighted by Crippen LogP contribution is -2.25. The summed E-state index contributed by atoms with van der Waals surface area (Å²) in [5.74, 6) is -0.0492. The first-order valence-electron chi connectivity index (χ1n) is 5.38. The summed E-state index contributed by atoms with van der Waals surface area (Å²) in [6.45, 7) is 2.51. The molecule has 17 heavy (non-hydrogen) atoms. The van der Waals surface area contributed by atoms with E-state index >= 15 is 0 Å². The number of amides is 1. The second-order valence-electron chi connectivity index (χ2n) is 3.59. The number of hydrogen-bond donors (Lipinski definition) is 1. The molecule has 1 aromatic heterocycles. The first-order valence-corrected chi connectivity index (χ1v) is 6.19. The van der Waals surface area contributed by atoms with E-state index in [1.54, 1.807) is 23.5 Å². The normalized spacial score (nSPS) is 10.2. The van der Waals surface area contributed by atoms with Crippen LogP contribution in [0.1, 0.15) is 20.4 Å². The van der Waals surface area contributed by atoms with Crippen molar-refractivity contribution in [2.45, 2.75) is 13.3 Å². The van der Waals surface area contributed by atoms with Crippen molar-refractivity contribution in [3.8, 4) is 0 Å². The molecule has 1 amide bonds. The van der Waals surface area contributed by atoms with Gasteiger partial charge in [-0.1, -0.05) is 18.2 Å². The second-order valence-corrected chi connectivity index (χ2v) is 4.85. The predicted octanol–water partition coefficient (Wildman–Crippen LogP) is 1.82. The van der Waals surface area contributed by atoms with E-state index in [0.29, 0.717) is 12.1 Å². The number of nitrogens with one attached hydrogen (secondary N) is 1. The molecule has 2 rings (SSSR count). The first kappa shape index (κ1) is 11.7. The quantitative estimate of drug-likeness (QED) is 0.896. The summed E-state index contributed by atoms with van der Waals surface area (Å²) in [7, 11) is 0. The lowest BCUT2D eigenvalue weighted by molar-refractivity contribution is 0.0954. The molecule has 0 spiro atoms. The summed E-state index contributed by atoms with van der Waals surface area (Å²) in [4.78, 5) is 11.7. The Morgan fingerprint density at radius 2 is 2.06 bits per heavy atom. The maximum absolute atomic E-state index is 11.7. The number of aromatic nitrogens is 2. The molecule has 0 saturated carbocycles. The minimum Gasteiger partial charge on any atom is -0.352 e. The summed E-state index contributed by atoms with van der Waals surface area (Å²) < 4.78 is 0. The Bertz CT molecular complexity index is 495. The maximum Gasteiger partial charge on any atom is 0.251 e. The molecule has 5 heteroatoms. The van der Waals surface area contributed by atoms with Crippen molar-refractivity contribution < 1.29 is 4.79 Å². The topological polar surface area (TPSA) is 54.9 Å². The SMILES string of the molecule is Cc1nnc(CCNC(=O)c2ccccc2)s1. The van der Waals surface area contributed by atoms with Crippen LogP contribution in [0.2, 0.25) is 0 Å². The fourth-order valence-electron chi connectivity index (χ4n) is 1.41. The van der Waals surface area contributed by atoms with Gasteiger partial charge in [-0.05, 0) is 19.1 Å². The average molecular weight is 247 g/mol. The lowest BCUT2D eigenvalue weighted by Gasteiger charge is -2.02. The molecule has 0 aliphatic heterocycles. The molecule has 0 radical (unpaired) electrons. The largest absolute Gasteiger partial charge is 0.352 e. The predicted molar refractivity (Wildman–Crippen MR) is 67.1 cm³/mol. The summed E-state index contributed by atoms with van der Waals surface area (Å²) in [6.07, 6.45) is 0.726. The van der Waals surface area contributed by atoms with E-state index in [-0.39, 0.29) is 5.91 Å². The van der Waals surface area contributed by atoms with Gasteiger partial charge < -0.3 is 5.32 Å². The van der Waals surface area contributed by atoms with Crippen LogP contribution in [-0.4, -0.2) is 22.6 Å². The van der Waals surface area contributed by atoms with Crippen molar-refractivity contribution >= 4 is 17.2 Å². The van der Waals surface area contributed by atoms with Gasteiger partial charge in [0.15, 0.2) is 0 Å². The summed E-state index contributed by atoms with van der Waals surface area (Å²) in [6, 6.07) is 9.18. The second kappa shape index (κ2) is 5.54. The van der Waals surface area contributed by atoms with Gasteiger partial charge in [0, 0.05) is 18.5 Å². The van der Waals surface area contributed by atoms with Crippen LogP contribution < -0.4 is 5.32 Å². The van der Waals surface area contributed by atoms with E-state index in [4.69, 9.17) is 0 Å². The highest BCUT2D eigenvalue weighted by Crippen LogP contribution is 2.07. The lowest BCUT2D eigenvalue weighted by atomic mass is 10.2. The highest BCUT2D eigenvalue weighted by molar-refractivity contribution is 7.11. The molecule has 1 aromatic carbocycles. The van der Waals surface area contributed by atoms with Crippen molar-refractivity contribution in [2.75, 3.05) is 6.54 Å². The number of hydrogen-bond acceptors (Lipinski definition) is 4. The van der Waals surface area contributed by atoms with E-state index in [9.17, 15) is 4.79 Å². The van der Waals surface area contributed by atoms with Crippen molar-refractivity contribution in [2.24, 2.45) is 0 Å². The van der Waals surface area contributed by atoms with Crippen molar-refractivity contribution in [3.63, 3.8) is 0 Å². The summed E-state index contributed by atoms with van der Waals surface area (Å²) in [5, 5.41) is 12.7. The van der Waals surface area contributed by atoms with Gasteiger partial charge >= 0.3 is 0 Å². The zero-order valence-electron chi connectivity index (χ0n) is 9.51. The van der Waals surface area contributed by atoms with Gasteiger partial charge in [-0.15, -0.1) is 21.5 Å². The van der Waals surface area contributed by atoms with E-state index in [1.807, 2.05) is 25.1 Å². The van der Waals surface area contributed by atoms with Gasteiger partial charge in [0.25, 0.3) is 5.91 Å². The number of benzene rings is 1. The van der Waals surface area contributed by atoms with Crippen molar-refractivity contribution in [1.82, 2.24) is 15.5 Å². The molecule has 1 heterocycles. The third-order valence-electron chi connectivity index (χ3n) is 2.23. The van der Waals surface area contributed by atoms with Crippen LogP contribution >= 0.6 is 11.3 Å². The Hall–Kier alpha value is -1.75. The highest BCUT2D eigenvalue weighted by Gasteiger charge is 2.04. The van der Waals surface area contributed by atoms with Crippen LogP contribution in [0.15, 0.2) is 30.3 Å². The van der Waals surface area contributed by atoms with Crippen molar-refractivity contribution in [1.29, 1.82) is 0 Å². The number of nitrogens with zero attached hydrogens (tertiary/aromatic N) is 2. The Balaban J connectivity index is 1.81. The fraction of sp³-hybridized carbons (Fsp3) is 0.250. The monoisotopic (exact) mass is 247 g/mol. The van der Waals surface area contributed by atoms with Crippen LogP contribution in [-0.2, 0) is 6.42 Å². The van der Waals surface area contributed by atoms with Gasteiger partial charge in [0.05, 0.1) is 0 Å². The number of aryl methyl sites for hydroxylation is 1. The van der Waals surface area contributed by atoms with Gasteiger partial charge in [-0.3, -0.25) is 4.79 Å². The molecule has 1 N–H and O–H groups in total. The molecule has 0 unspecified atom stereocenters. The van der Waals surface area contributed by atoms with Gasteiger partial charge in [0.2, 0.25) is 0 Å². The molecule has 0 aliphatic rings. The Morgan fingerprint density at radius 3 is 2.71 bits per heavy atom. The van der Waals surface area contributed by atoms with Crippen molar-refractivity contribution in [3.05, 3.63) is 45.9 Å². The zero-order valence-corrected chi connectivity index (χ0v) is 10.3. The third-order valence-corrected chi connectivity index (χ3v) is 3.13. The Morgan fingerprint density at radius 1 is 1.29 bits per heavy atom. The van der Waals surface area contributed by atoms with Crippen LogP contribution in [0.4, 0.5) is 0 Å². The van der Waals surface area contributed by atoms with Crippen LogP contribution in [0.5, 0.6) is 0 Å². The average Bonchev–Trinajstić information content (AvgIpc) is 2.76. The molecule has 2 aromatic rings. The van der Waals surface area contributed by atoms with Gasteiger partial charge in [-0.25, -0.2) is 0 Å². The fourth-order valence-corrected chi connectivity index (χ4v) is 2.12. The molecular formula is C12H13N3OS. The zero-order chi connectivity index (χ0) is 12.1. The third kappa shape index (κ3) is 3.35. The molecule has 0 saturated heterocycles. The smallest absolute Gasteiger partial charge is 0.251 e. The van der Waals surface area contributed by atoms with E-state index in [2.05, 4.69) is 15.5 Å². The van der Waals surface area contributed by atoms with Crippen LogP contribution in [0, 0.1) is 6.92 Å².